The summed E-state index contributed by atoms with van der Waals surface area (Å²) in [5.41, 5.74) is 7.47. The van der Waals surface area contributed by atoms with Gasteiger partial charge in [0.2, 0.25) is 0 Å². The maximum absolute atomic E-state index is 11.7. The summed E-state index contributed by atoms with van der Waals surface area (Å²) in [6, 6.07) is 4.72. The Morgan fingerprint density at radius 2 is 1.62 bits per heavy atom. The molecule has 4 heteroatoms. The van der Waals surface area contributed by atoms with Crippen LogP contribution in [0.4, 0.5) is 0 Å². The van der Waals surface area contributed by atoms with Crippen LogP contribution in [0.25, 0.3) is 0 Å². The van der Waals surface area contributed by atoms with Gasteiger partial charge in [-0.1, -0.05) is 11.6 Å². The van der Waals surface area contributed by atoms with Crippen LogP contribution in [0.3, 0.4) is 0 Å². The first kappa shape index (κ1) is 25.2. The van der Waals surface area contributed by atoms with E-state index in [9.17, 15) is 4.79 Å². The van der Waals surface area contributed by atoms with Crippen molar-refractivity contribution in [3.63, 3.8) is 0 Å². The third-order valence-corrected chi connectivity index (χ3v) is 6.17. The normalized spacial score (nSPS) is 24.8. The minimum absolute atomic E-state index is 0. The predicted molar refractivity (Wildman–Crippen MR) is 126 cm³/mol. The molecule has 0 saturated heterocycles. The van der Waals surface area contributed by atoms with Crippen LogP contribution in [0.5, 0.6) is 0 Å². The summed E-state index contributed by atoms with van der Waals surface area (Å²) in [7, 11) is 0. The number of ketones is 1. The summed E-state index contributed by atoms with van der Waals surface area (Å²) >= 11 is 0. The van der Waals surface area contributed by atoms with Crippen LogP contribution < -0.4 is 0 Å². The summed E-state index contributed by atoms with van der Waals surface area (Å²) in [4.78, 5) is 11.7. The summed E-state index contributed by atoms with van der Waals surface area (Å²) in [5, 5.41) is 7.13. The number of aryl methyl sites for hydroxylation is 2. The van der Waals surface area contributed by atoms with Gasteiger partial charge in [0, 0.05) is 29.2 Å². The van der Waals surface area contributed by atoms with Crippen LogP contribution in [0.1, 0.15) is 42.5 Å². The van der Waals surface area contributed by atoms with E-state index >= 15 is 0 Å². The molecule has 1 aliphatic heterocycles. The minimum atomic E-state index is 0. The van der Waals surface area contributed by atoms with E-state index in [2.05, 4.69) is 56.7 Å². The molecule has 3 aliphatic carbocycles. The van der Waals surface area contributed by atoms with Crippen molar-refractivity contribution in [2.24, 2.45) is 11.0 Å². The number of hydrogen-bond donors (Lipinski definition) is 0. The first-order valence-electron chi connectivity index (χ1n) is 11.0. The van der Waals surface area contributed by atoms with E-state index in [-0.39, 0.29) is 28.9 Å². The van der Waals surface area contributed by atoms with Crippen molar-refractivity contribution in [1.29, 1.82) is 0 Å². The van der Waals surface area contributed by atoms with Crippen molar-refractivity contribution in [3.8, 4) is 0 Å². The average Bonchev–Trinajstić information content (AvgIpc) is 3.47. The molecule has 32 heavy (non-hydrogen) atoms. The average molecular weight is 466 g/mol. The number of fused-ring (bicyclic) bond motifs is 3. The fourth-order valence-electron chi connectivity index (χ4n) is 4.92. The smallest absolute Gasteiger partial charge is 0.295 e. The molecule has 164 valence electrons. The standard InChI is InChI=1S/C23H25N2O.C5H5.Fe/c1-14-11-15(2)19-9-10-20-22(21(19)12-14)24-25(16(3)13-17(4)26)23(20)18-7-5-6-8-18;1-2-4-5-3-1;/h5-8,11-13,20,23H,9-10H2,1-4H3;1-5H;/q;;+2/b16-13+;;. The fraction of sp³-hybridized carbons (Fsp3) is 0.286. The van der Waals surface area contributed by atoms with Crippen LogP contribution in [-0.2, 0) is 28.3 Å². The number of hydrogen-bond acceptors (Lipinski definition) is 3. The van der Waals surface area contributed by atoms with Gasteiger partial charge in [0.15, 0.2) is 5.78 Å². The van der Waals surface area contributed by atoms with Crippen molar-refractivity contribution < 1.29 is 21.9 Å². The molecule has 5 rings (SSSR count). The third kappa shape index (κ3) is 5.39. The minimum Gasteiger partial charge on any atom is -0.295 e. The Bertz CT molecular complexity index is 870. The number of hydrazone groups is 1. The Hall–Kier alpha value is -1.38. The number of allylic oxidation sites excluding steroid dienone is 2. The molecule has 0 bridgehead atoms. The Kier molecular flexibility index (Phi) is 8.81. The molecule has 0 amide bonds. The third-order valence-electron chi connectivity index (χ3n) is 6.17. The summed E-state index contributed by atoms with van der Waals surface area (Å²) < 4.78 is 0. The summed E-state index contributed by atoms with van der Waals surface area (Å²) in [5.74, 6) is 1.70. The zero-order valence-electron chi connectivity index (χ0n) is 19.2. The van der Waals surface area contributed by atoms with Crippen LogP contribution in [0, 0.1) is 83.5 Å². The van der Waals surface area contributed by atoms with Gasteiger partial charge in [0.25, 0.3) is 0 Å². The zero-order valence-corrected chi connectivity index (χ0v) is 20.3. The molecule has 1 heterocycles. The van der Waals surface area contributed by atoms with Crippen molar-refractivity contribution in [1.82, 2.24) is 5.01 Å². The van der Waals surface area contributed by atoms with E-state index in [4.69, 9.17) is 5.10 Å². The van der Waals surface area contributed by atoms with Crippen molar-refractivity contribution in [2.75, 3.05) is 0 Å². The summed E-state index contributed by atoms with van der Waals surface area (Å²) in [6.07, 6.45) is 22.4. The monoisotopic (exact) mass is 466 g/mol. The topological polar surface area (TPSA) is 32.7 Å². The second-order valence-corrected chi connectivity index (χ2v) is 8.60. The van der Waals surface area contributed by atoms with E-state index < -0.39 is 0 Å². The number of carbonyl (C=O) groups excluding carboxylic acids is 1. The SMILES string of the molecule is CC(=O)/C=C(\C)N1N=C2c3cc(C)cc(C)c3CCC2C1[C]1[CH][CH][CH][CH]1.[CH]1[CH][CH][CH][CH]1.[Fe+2]. The first-order valence-corrected chi connectivity index (χ1v) is 11.0. The van der Waals surface area contributed by atoms with Gasteiger partial charge in [-0.15, -0.1) is 0 Å². The van der Waals surface area contributed by atoms with Gasteiger partial charge >= 0.3 is 17.1 Å². The zero-order chi connectivity index (χ0) is 22.0. The van der Waals surface area contributed by atoms with Crippen LogP contribution in [0.2, 0.25) is 0 Å². The van der Waals surface area contributed by atoms with Crippen molar-refractivity contribution in [2.45, 2.75) is 46.6 Å². The van der Waals surface area contributed by atoms with Crippen molar-refractivity contribution >= 4 is 11.5 Å². The quantitative estimate of drug-likeness (QED) is 0.455. The molecule has 3 nitrogen and oxygen atoms in total. The van der Waals surface area contributed by atoms with Crippen LogP contribution in [-0.4, -0.2) is 22.5 Å². The van der Waals surface area contributed by atoms with Gasteiger partial charge in [-0.3, -0.25) is 9.80 Å². The van der Waals surface area contributed by atoms with Crippen molar-refractivity contribution in [3.05, 3.63) is 110 Å². The number of nitrogens with zero attached hydrogens (tertiary/aromatic N) is 2. The molecule has 1 aromatic rings. The maximum atomic E-state index is 11.7. The van der Waals surface area contributed by atoms with E-state index in [0.29, 0.717) is 5.92 Å². The van der Waals surface area contributed by atoms with E-state index in [1.807, 2.05) is 39.0 Å². The number of carbonyl (C=O) groups is 1. The second kappa shape index (κ2) is 11.2. The van der Waals surface area contributed by atoms with Gasteiger partial charge < -0.3 is 0 Å². The molecule has 0 N–H and O–H groups in total. The molecule has 1 aromatic carbocycles. The molecule has 2 unspecified atom stereocenters. The maximum Gasteiger partial charge on any atom is 2.00 e. The fourth-order valence-corrected chi connectivity index (χ4v) is 4.92. The molecule has 4 aliphatic rings. The first-order chi connectivity index (χ1) is 15.0. The van der Waals surface area contributed by atoms with Gasteiger partial charge in [-0.05, 0) is 116 Å². The van der Waals surface area contributed by atoms with Gasteiger partial charge in [-0.2, -0.15) is 5.10 Å². The molecule has 10 radical (unpaired) electrons. The van der Waals surface area contributed by atoms with E-state index in [1.54, 1.807) is 13.0 Å². The molecule has 2 fully saturated rings. The van der Waals surface area contributed by atoms with E-state index in [0.717, 1.165) is 18.5 Å². The Morgan fingerprint density at radius 3 is 2.22 bits per heavy atom. The Labute approximate surface area is 205 Å². The largest absolute Gasteiger partial charge is 2.00 e. The Balaban J connectivity index is 0.000000427. The van der Waals surface area contributed by atoms with Gasteiger partial charge in [-0.25, -0.2) is 0 Å². The molecule has 0 spiro atoms. The van der Waals surface area contributed by atoms with E-state index in [1.165, 1.54) is 33.9 Å². The summed E-state index contributed by atoms with van der Waals surface area (Å²) in [6.45, 7) is 7.94. The van der Waals surface area contributed by atoms with Gasteiger partial charge in [0.05, 0.1) is 11.8 Å². The Morgan fingerprint density at radius 1 is 1.00 bits per heavy atom. The predicted octanol–water partition coefficient (Wildman–Crippen LogP) is 5.17. The van der Waals surface area contributed by atoms with Crippen LogP contribution >= 0.6 is 0 Å². The number of rotatable bonds is 3. The molecular formula is C28H30FeN2O+2. The van der Waals surface area contributed by atoms with Gasteiger partial charge in [0.1, 0.15) is 0 Å². The molecule has 2 atom stereocenters. The second-order valence-electron chi connectivity index (χ2n) is 8.60. The van der Waals surface area contributed by atoms with Crippen LogP contribution in [0.15, 0.2) is 29.0 Å². The molecular weight excluding hydrogens is 436 g/mol. The molecule has 2 saturated carbocycles. The molecule has 0 aromatic heterocycles. The number of benzene rings is 1.